The summed E-state index contributed by atoms with van der Waals surface area (Å²) in [5.41, 5.74) is 0.927. The Kier molecular flexibility index (Phi) is 6.14. The molecule has 0 amide bonds. The van der Waals surface area contributed by atoms with Crippen molar-refractivity contribution >= 4 is 18.6 Å². The highest BCUT2D eigenvalue weighted by atomic mass is 32.1. The zero-order chi connectivity index (χ0) is 14.4. The molecule has 6 heteroatoms. The number of carbonyl (C=O) groups is 1. The molecule has 0 fully saturated rings. The number of hydrogen-bond acceptors (Lipinski definition) is 5. The largest absolute Gasteiger partial charge is 0.496 e. The highest BCUT2D eigenvalue weighted by Gasteiger charge is 2.19. The van der Waals surface area contributed by atoms with E-state index in [0.29, 0.717) is 29.1 Å². The average Bonchev–Trinajstić information content (AvgIpc) is 2.37. The number of carboxylic acid groups (broad SMARTS) is 1. The van der Waals surface area contributed by atoms with Crippen LogP contribution in [0.2, 0.25) is 0 Å². The van der Waals surface area contributed by atoms with Crippen LogP contribution in [0.15, 0.2) is 18.2 Å². The second-order valence-electron chi connectivity index (χ2n) is 4.17. The zero-order valence-corrected chi connectivity index (χ0v) is 11.5. The van der Waals surface area contributed by atoms with Crippen LogP contribution in [0.1, 0.15) is 23.7 Å². The highest BCUT2D eigenvalue weighted by Crippen LogP contribution is 2.26. The van der Waals surface area contributed by atoms with Gasteiger partial charge in [-0.25, -0.2) is 0 Å². The summed E-state index contributed by atoms with van der Waals surface area (Å²) in [6.45, 7) is 0. The molecule has 0 aromatic heterocycles. The van der Waals surface area contributed by atoms with E-state index in [-0.39, 0.29) is 6.42 Å². The molecule has 5 nitrogen and oxygen atoms in total. The van der Waals surface area contributed by atoms with Crippen molar-refractivity contribution in [3.63, 3.8) is 0 Å². The van der Waals surface area contributed by atoms with E-state index in [4.69, 9.17) is 9.84 Å². The molecule has 19 heavy (non-hydrogen) atoms. The number of aliphatic carboxylic acids is 1. The quantitative estimate of drug-likeness (QED) is 0.563. The van der Waals surface area contributed by atoms with Crippen molar-refractivity contribution in [1.82, 2.24) is 0 Å². The monoisotopic (exact) mass is 286 g/mol. The van der Waals surface area contributed by atoms with Crippen molar-refractivity contribution in [2.24, 2.45) is 0 Å². The number of ether oxygens (including phenoxy) is 1. The molecule has 3 N–H and O–H groups in total. The Balaban J connectivity index is 2.99. The first-order valence-electron chi connectivity index (χ1n) is 5.85. The number of rotatable bonds is 7. The molecule has 106 valence electrons. The van der Waals surface area contributed by atoms with Crippen LogP contribution in [-0.2, 0) is 11.2 Å². The van der Waals surface area contributed by atoms with Crippen molar-refractivity contribution < 1.29 is 24.9 Å². The normalized spacial score (nSPS) is 13.9. The number of thiol groups is 1. The van der Waals surface area contributed by atoms with E-state index in [1.807, 2.05) is 0 Å². The molecule has 0 saturated carbocycles. The number of benzene rings is 1. The van der Waals surface area contributed by atoms with E-state index in [9.17, 15) is 15.0 Å². The second-order valence-corrected chi connectivity index (χ2v) is 4.61. The lowest BCUT2D eigenvalue weighted by molar-refractivity contribution is -0.136. The Morgan fingerprint density at radius 3 is 2.63 bits per heavy atom. The fraction of sp³-hybridized carbons (Fsp3) is 0.462. The molecule has 1 aromatic carbocycles. The molecular formula is C13H18O5S. The van der Waals surface area contributed by atoms with Gasteiger partial charge in [-0.1, -0.05) is 6.07 Å². The van der Waals surface area contributed by atoms with Gasteiger partial charge in [-0.2, -0.15) is 12.6 Å². The van der Waals surface area contributed by atoms with Gasteiger partial charge >= 0.3 is 5.97 Å². The van der Waals surface area contributed by atoms with E-state index >= 15 is 0 Å². The average molecular weight is 286 g/mol. The van der Waals surface area contributed by atoms with Crippen LogP contribution in [0.4, 0.5) is 0 Å². The van der Waals surface area contributed by atoms with Gasteiger partial charge < -0.3 is 20.1 Å². The highest BCUT2D eigenvalue weighted by molar-refractivity contribution is 7.80. The molecule has 2 atom stereocenters. The van der Waals surface area contributed by atoms with E-state index < -0.39 is 18.2 Å². The van der Waals surface area contributed by atoms with Crippen LogP contribution < -0.4 is 4.74 Å². The number of aliphatic hydroxyl groups excluding tert-OH is 2. The van der Waals surface area contributed by atoms with Gasteiger partial charge in [0.15, 0.2) is 0 Å². The number of carboxylic acids is 1. The minimum atomic E-state index is -1.06. The summed E-state index contributed by atoms with van der Waals surface area (Å²) in [5, 5.41) is 28.5. The zero-order valence-electron chi connectivity index (χ0n) is 10.6. The molecule has 0 aliphatic carbocycles. The maximum absolute atomic E-state index is 10.8. The third kappa shape index (κ3) is 4.41. The van der Waals surface area contributed by atoms with Crippen LogP contribution in [0.25, 0.3) is 0 Å². The van der Waals surface area contributed by atoms with Crippen molar-refractivity contribution in [3.8, 4) is 5.75 Å². The van der Waals surface area contributed by atoms with Crippen LogP contribution >= 0.6 is 12.6 Å². The van der Waals surface area contributed by atoms with Crippen molar-refractivity contribution in [2.45, 2.75) is 25.0 Å². The van der Waals surface area contributed by atoms with E-state index in [0.717, 1.165) is 0 Å². The summed E-state index contributed by atoms with van der Waals surface area (Å²) in [5.74, 6) is -0.0843. The molecular weight excluding hydrogens is 268 g/mol. The summed E-state index contributed by atoms with van der Waals surface area (Å²) < 4.78 is 5.07. The Hall–Kier alpha value is -1.24. The first-order valence-corrected chi connectivity index (χ1v) is 6.48. The molecule has 1 rings (SSSR count). The number of methoxy groups -OCH3 is 1. The molecule has 0 saturated heterocycles. The molecule has 0 aliphatic heterocycles. The summed E-state index contributed by atoms with van der Waals surface area (Å²) in [6, 6.07) is 4.74. The van der Waals surface area contributed by atoms with Gasteiger partial charge in [-0.05, 0) is 29.9 Å². The molecule has 2 unspecified atom stereocenters. The van der Waals surface area contributed by atoms with Crippen molar-refractivity contribution in [1.29, 1.82) is 0 Å². The number of aliphatic hydroxyl groups is 2. The van der Waals surface area contributed by atoms with Crippen LogP contribution in [-0.4, -0.2) is 40.3 Å². The third-order valence-corrected chi connectivity index (χ3v) is 3.04. The first-order chi connectivity index (χ1) is 8.99. The Labute approximate surface area is 117 Å². The maximum atomic E-state index is 10.8. The maximum Gasteiger partial charge on any atom is 0.307 e. The van der Waals surface area contributed by atoms with Gasteiger partial charge in [0.1, 0.15) is 11.9 Å². The molecule has 0 spiro atoms. The fourth-order valence-electron chi connectivity index (χ4n) is 1.80. The van der Waals surface area contributed by atoms with Gasteiger partial charge in [-0.15, -0.1) is 0 Å². The van der Waals surface area contributed by atoms with Gasteiger partial charge in [0, 0.05) is 5.56 Å². The topological polar surface area (TPSA) is 87.0 Å². The van der Waals surface area contributed by atoms with Gasteiger partial charge in [0.2, 0.25) is 0 Å². The minimum Gasteiger partial charge on any atom is -0.496 e. The Bertz CT molecular complexity index is 435. The van der Waals surface area contributed by atoms with Crippen LogP contribution in [0, 0.1) is 0 Å². The van der Waals surface area contributed by atoms with E-state index in [1.165, 1.54) is 7.11 Å². The Morgan fingerprint density at radius 1 is 1.42 bits per heavy atom. The predicted octanol–water partition coefficient (Wildman–Crippen LogP) is 1.04. The second kappa shape index (κ2) is 7.37. The lowest BCUT2D eigenvalue weighted by atomic mass is 9.99. The van der Waals surface area contributed by atoms with Crippen LogP contribution in [0.5, 0.6) is 5.75 Å². The summed E-state index contributed by atoms with van der Waals surface area (Å²) >= 11 is 4.00. The minimum absolute atomic E-state index is 0.202. The number of hydrogen-bond donors (Lipinski definition) is 4. The SMILES string of the molecule is COc1ccc(C(O)C(O)CCS)cc1CC(=O)O. The Morgan fingerprint density at radius 2 is 2.11 bits per heavy atom. The lowest BCUT2D eigenvalue weighted by Gasteiger charge is -2.19. The molecule has 0 heterocycles. The van der Waals surface area contributed by atoms with Crippen molar-refractivity contribution in [2.75, 3.05) is 12.9 Å². The summed E-state index contributed by atoms with van der Waals surface area (Å²) in [4.78, 5) is 10.8. The van der Waals surface area contributed by atoms with Crippen molar-refractivity contribution in [3.05, 3.63) is 29.3 Å². The van der Waals surface area contributed by atoms with Gasteiger partial charge in [0.25, 0.3) is 0 Å². The fourth-order valence-corrected chi connectivity index (χ4v) is 2.06. The summed E-state index contributed by atoms with van der Waals surface area (Å²) in [6.07, 6.45) is -1.84. The smallest absolute Gasteiger partial charge is 0.307 e. The first kappa shape index (κ1) is 15.8. The molecule has 1 aromatic rings. The van der Waals surface area contributed by atoms with E-state index in [2.05, 4.69) is 12.6 Å². The lowest BCUT2D eigenvalue weighted by Crippen LogP contribution is -2.19. The molecule has 0 radical (unpaired) electrons. The van der Waals surface area contributed by atoms with Gasteiger partial charge in [-0.3, -0.25) is 4.79 Å². The van der Waals surface area contributed by atoms with E-state index in [1.54, 1.807) is 18.2 Å². The third-order valence-electron chi connectivity index (χ3n) is 2.78. The predicted molar refractivity (Wildman–Crippen MR) is 73.8 cm³/mol. The standard InChI is InChI=1S/C13H18O5S/c1-18-11-3-2-8(6-9(11)7-12(15)16)13(17)10(14)4-5-19/h2-3,6,10,13-14,17,19H,4-5,7H2,1H3,(H,15,16). The van der Waals surface area contributed by atoms with Gasteiger partial charge in [0.05, 0.1) is 19.6 Å². The summed E-state index contributed by atoms with van der Waals surface area (Å²) in [7, 11) is 1.45. The molecule has 0 aliphatic rings. The molecule has 0 bridgehead atoms. The van der Waals surface area contributed by atoms with Crippen LogP contribution in [0.3, 0.4) is 0 Å².